The number of hydrogen-bond acceptors (Lipinski definition) is 5. The number of aliphatic carboxylic acids is 1. The number of rotatable bonds is 6. The van der Waals surface area contributed by atoms with Gasteiger partial charge in [-0.25, -0.2) is 0 Å². The molecule has 1 aliphatic heterocycles. The third-order valence-corrected chi connectivity index (χ3v) is 3.20. The Labute approximate surface area is 117 Å². The lowest BCUT2D eigenvalue weighted by Crippen LogP contribution is -2.32. The Bertz CT molecular complexity index is 471. The lowest BCUT2D eigenvalue weighted by Gasteiger charge is -2.18. The highest BCUT2D eigenvalue weighted by atomic mass is 16.6. The molecule has 2 rings (SSSR count). The van der Waals surface area contributed by atoms with Gasteiger partial charge in [0.2, 0.25) is 0 Å². The van der Waals surface area contributed by atoms with Crippen LogP contribution in [0.25, 0.3) is 0 Å². The van der Waals surface area contributed by atoms with Crippen LogP contribution in [0.5, 0.6) is 11.5 Å². The molecule has 1 aliphatic rings. The number of hydrogen-bond donors (Lipinski definition) is 2. The van der Waals surface area contributed by atoms with Gasteiger partial charge in [0, 0.05) is 18.4 Å². The second kappa shape index (κ2) is 6.58. The molecule has 3 N–H and O–H groups in total. The summed E-state index contributed by atoms with van der Waals surface area (Å²) >= 11 is 0. The molecule has 1 aromatic carbocycles. The van der Waals surface area contributed by atoms with Crippen LogP contribution in [0.15, 0.2) is 18.2 Å². The molecule has 1 heterocycles. The third kappa shape index (κ3) is 3.40. The molecule has 1 aromatic rings. The standard InChI is InChI=1S/C14H19NO5/c1-18-13-9(7-11(15)14(16)17)3-2-4-12(13)20-10-5-6-19-8-10/h2-4,10-11H,5-8,15H2,1H3,(H,16,17). The molecule has 0 saturated carbocycles. The molecule has 1 fully saturated rings. The third-order valence-electron chi connectivity index (χ3n) is 3.20. The van der Waals surface area contributed by atoms with Crippen molar-refractivity contribution in [3.8, 4) is 11.5 Å². The largest absolute Gasteiger partial charge is 0.493 e. The number of para-hydroxylation sites is 1. The van der Waals surface area contributed by atoms with Gasteiger partial charge in [-0.3, -0.25) is 4.79 Å². The molecule has 0 spiro atoms. The maximum atomic E-state index is 10.9. The van der Waals surface area contributed by atoms with E-state index in [9.17, 15) is 4.79 Å². The minimum Gasteiger partial charge on any atom is -0.493 e. The zero-order valence-corrected chi connectivity index (χ0v) is 11.4. The van der Waals surface area contributed by atoms with Gasteiger partial charge in [0.15, 0.2) is 11.5 Å². The number of carboxylic acids is 1. The molecule has 20 heavy (non-hydrogen) atoms. The van der Waals surface area contributed by atoms with Gasteiger partial charge in [-0.1, -0.05) is 12.1 Å². The van der Waals surface area contributed by atoms with E-state index in [0.717, 1.165) is 12.0 Å². The van der Waals surface area contributed by atoms with Crippen LogP contribution in [0, 0.1) is 0 Å². The van der Waals surface area contributed by atoms with Gasteiger partial charge in [0.05, 0.1) is 20.3 Å². The minimum absolute atomic E-state index is 0.00676. The van der Waals surface area contributed by atoms with Crippen molar-refractivity contribution in [2.75, 3.05) is 20.3 Å². The number of carboxylic acid groups (broad SMARTS) is 1. The van der Waals surface area contributed by atoms with Gasteiger partial charge < -0.3 is 25.1 Å². The molecule has 6 nitrogen and oxygen atoms in total. The van der Waals surface area contributed by atoms with Crippen LogP contribution in [0.3, 0.4) is 0 Å². The first-order chi connectivity index (χ1) is 9.61. The highest BCUT2D eigenvalue weighted by Gasteiger charge is 2.21. The van der Waals surface area contributed by atoms with E-state index in [-0.39, 0.29) is 12.5 Å². The summed E-state index contributed by atoms with van der Waals surface area (Å²) in [4.78, 5) is 10.9. The molecular formula is C14H19NO5. The van der Waals surface area contributed by atoms with Crippen LogP contribution in [-0.2, 0) is 16.0 Å². The number of ether oxygens (including phenoxy) is 3. The van der Waals surface area contributed by atoms with Gasteiger partial charge in [0.25, 0.3) is 0 Å². The van der Waals surface area contributed by atoms with Crippen molar-refractivity contribution in [2.24, 2.45) is 5.73 Å². The molecule has 0 amide bonds. The maximum absolute atomic E-state index is 10.9. The molecule has 0 bridgehead atoms. The Kier molecular flexibility index (Phi) is 4.81. The Morgan fingerprint density at radius 2 is 2.40 bits per heavy atom. The summed E-state index contributed by atoms with van der Waals surface area (Å²) < 4.78 is 16.5. The van der Waals surface area contributed by atoms with E-state index < -0.39 is 12.0 Å². The van der Waals surface area contributed by atoms with Crippen LogP contribution >= 0.6 is 0 Å². The maximum Gasteiger partial charge on any atom is 0.320 e. The van der Waals surface area contributed by atoms with Crippen molar-refractivity contribution in [2.45, 2.75) is 25.0 Å². The number of nitrogens with two attached hydrogens (primary N) is 1. The second-order valence-electron chi connectivity index (χ2n) is 4.70. The monoisotopic (exact) mass is 281 g/mol. The van der Waals surface area contributed by atoms with Crippen molar-refractivity contribution in [3.05, 3.63) is 23.8 Å². The molecule has 0 aromatic heterocycles. The van der Waals surface area contributed by atoms with Crippen LogP contribution in [0.1, 0.15) is 12.0 Å². The fourth-order valence-electron chi connectivity index (χ4n) is 2.16. The number of carbonyl (C=O) groups is 1. The molecular weight excluding hydrogens is 262 g/mol. The molecule has 110 valence electrons. The molecule has 2 atom stereocenters. The lowest BCUT2D eigenvalue weighted by atomic mass is 10.0. The minimum atomic E-state index is -1.04. The SMILES string of the molecule is COc1c(CC(N)C(=O)O)cccc1OC1CCOC1. The first kappa shape index (κ1) is 14.6. The fourth-order valence-corrected chi connectivity index (χ4v) is 2.16. The van der Waals surface area contributed by atoms with Gasteiger partial charge in [-0.05, 0) is 6.07 Å². The summed E-state index contributed by atoms with van der Waals surface area (Å²) in [6, 6.07) is 4.43. The van der Waals surface area contributed by atoms with Crippen molar-refractivity contribution in [1.82, 2.24) is 0 Å². The van der Waals surface area contributed by atoms with Gasteiger partial charge in [-0.2, -0.15) is 0 Å². The first-order valence-corrected chi connectivity index (χ1v) is 6.50. The van der Waals surface area contributed by atoms with Gasteiger partial charge in [0.1, 0.15) is 12.1 Å². The van der Waals surface area contributed by atoms with Gasteiger partial charge in [-0.15, -0.1) is 0 Å². The van der Waals surface area contributed by atoms with E-state index in [0.29, 0.717) is 24.7 Å². The van der Waals surface area contributed by atoms with Crippen molar-refractivity contribution < 1.29 is 24.1 Å². The fraction of sp³-hybridized carbons (Fsp3) is 0.500. The molecule has 2 unspecified atom stereocenters. The van der Waals surface area contributed by atoms with Crippen molar-refractivity contribution in [3.63, 3.8) is 0 Å². The Balaban J connectivity index is 2.17. The smallest absolute Gasteiger partial charge is 0.320 e. The van der Waals surface area contributed by atoms with E-state index in [1.54, 1.807) is 18.2 Å². The van der Waals surface area contributed by atoms with E-state index >= 15 is 0 Å². The van der Waals surface area contributed by atoms with Crippen LogP contribution < -0.4 is 15.2 Å². The number of benzene rings is 1. The van der Waals surface area contributed by atoms with E-state index in [2.05, 4.69) is 0 Å². The second-order valence-corrected chi connectivity index (χ2v) is 4.70. The zero-order chi connectivity index (χ0) is 14.5. The van der Waals surface area contributed by atoms with E-state index in [1.165, 1.54) is 7.11 Å². The molecule has 0 radical (unpaired) electrons. The zero-order valence-electron chi connectivity index (χ0n) is 11.4. The summed E-state index contributed by atoms with van der Waals surface area (Å²) in [6.45, 7) is 1.25. The summed E-state index contributed by atoms with van der Waals surface area (Å²) in [5, 5.41) is 8.89. The highest BCUT2D eigenvalue weighted by Crippen LogP contribution is 2.33. The van der Waals surface area contributed by atoms with Crippen LogP contribution in [0.4, 0.5) is 0 Å². The quantitative estimate of drug-likeness (QED) is 0.802. The first-order valence-electron chi connectivity index (χ1n) is 6.50. The highest BCUT2D eigenvalue weighted by molar-refractivity contribution is 5.73. The summed E-state index contributed by atoms with van der Waals surface area (Å²) in [5.74, 6) is 0.0942. The summed E-state index contributed by atoms with van der Waals surface area (Å²) in [5.41, 5.74) is 6.29. The lowest BCUT2D eigenvalue weighted by molar-refractivity contribution is -0.138. The number of methoxy groups -OCH3 is 1. The molecule has 1 saturated heterocycles. The predicted molar refractivity (Wildman–Crippen MR) is 72.2 cm³/mol. The average molecular weight is 281 g/mol. The van der Waals surface area contributed by atoms with Gasteiger partial charge >= 0.3 is 5.97 Å². The van der Waals surface area contributed by atoms with E-state index in [1.807, 2.05) is 0 Å². The Hall–Kier alpha value is -1.79. The predicted octanol–water partition coefficient (Wildman–Crippen LogP) is 0.817. The van der Waals surface area contributed by atoms with Crippen molar-refractivity contribution in [1.29, 1.82) is 0 Å². The summed E-state index contributed by atoms with van der Waals surface area (Å²) in [7, 11) is 1.53. The average Bonchev–Trinajstić information content (AvgIpc) is 2.92. The van der Waals surface area contributed by atoms with Crippen molar-refractivity contribution >= 4 is 5.97 Å². The van der Waals surface area contributed by atoms with Crippen LogP contribution in [0.2, 0.25) is 0 Å². The molecule has 0 aliphatic carbocycles. The summed E-state index contributed by atoms with van der Waals surface area (Å²) in [6.07, 6.45) is 1.03. The molecule has 6 heteroatoms. The topological polar surface area (TPSA) is 91.0 Å². The van der Waals surface area contributed by atoms with E-state index in [4.69, 9.17) is 25.1 Å². The Morgan fingerprint density at radius 1 is 1.60 bits per heavy atom. The van der Waals surface area contributed by atoms with Crippen LogP contribution in [-0.4, -0.2) is 43.5 Å². The normalized spacial score (nSPS) is 19.6. The Morgan fingerprint density at radius 3 is 3.00 bits per heavy atom.